The number of morpholine rings is 1. The van der Waals surface area contributed by atoms with Crippen molar-refractivity contribution in [1.29, 1.82) is 0 Å². The monoisotopic (exact) mass is 861 g/mol. The highest BCUT2D eigenvalue weighted by atomic mass is 19.1. The summed E-state index contributed by atoms with van der Waals surface area (Å²) in [5.74, 6) is 3.49. The molecular formula is C49H48FN9O5. The Morgan fingerprint density at radius 3 is 1.42 bits per heavy atom. The highest BCUT2D eigenvalue weighted by Gasteiger charge is 2.25. The first kappa shape index (κ1) is 41.1. The molecule has 11 rings (SSSR count). The highest BCUT2D eigenvalue weighted by molar-refractivity contribution is 6.01. The molecule has 14 nitrogen and oxygen atoms in total. The molecule has 3 aliphatic rings. The van der Waals surface area contributed by atoms with Gasteiger partial charge in [-0.05, 0) is 90.2 Å². The van der Waals surface area contributed by atoms with Crippen LogP contribution in [0, 0.1) is 5.82 Å². The minimum absolute atomic E-state index is 0.238. The van der Waals surface area contributed by atoms with Gasteiger partial charge < -0.3 is 44.3 Å². The Morgan fingerprint density at radius 1 is 0.547 bits per heavy atom. The van der Waals surface area contributed by atoms with Gasteiger partial charge in [0.05, 0.1) is 49.3 Å². The molecule has 4 N–H and O–H groups in total. The Kier molecular flexibility index (Phi) is 11.8. The van der Waals surface area contributed by atoms with Gasteiger partial charge in [0.2, 0.25) is 0 Å². The smallest absolute Gasteiger partial charge is 0.146 e. The number of hydrogen-bond donors (Lipinski definition) is 2. The molecule has 0 bridgehead atoms. The molecule has 2 unspecified atom stereocenters. The number of halogens is 1. The molecule has 326 valence electrons. The Labute approximate surface area is 369 Å². The fourth-order valence-corrected chi connectivity index (χ4v) is 8.55. The summed E-state index contributed by atoms with van der Waals surface area (Å²) in [5.41, 5.74) is 19.4. The van der Waals surface area contributed by atoms with Gasteiger partial charge >= 0.3 is 0 Å². The summed E-state index contributed by atoms with van der Waals surface area (Å²) >= 11 is 0. The zero-order chi connectivity index (χ0) is 43.4. The van der Waals surface area contributed by atoms with E-state index in [9.17, 15) is 4.39 Å². The van der Waals surface area contributed by atoms with E-state index in [0.29, 0.717) is 36.3 Å². The summed E-state index contributed by atoms with van der Waals surface area (Å²) in [7, 11) is 0. The lowest BCUT2D eigenvalue weighted by Gasteiger charge is -2.26. The van der Waals surface area contributed by atoms with Gasteiger partial charge in [0.25, 0.3) is 0 Å². The van der Waals surface area contributed by atoms with Gasteiger partial charge in [-0.3, -0.25) is 4.90 Å². The van der Waals surface area contributed by atoms with Gasteiger partial charge in [-0.1, -0.05) is 36.4 Å². The van der Waals surface area contributed by atoms with Gasteiger partial charge in [0.15, 0.2) is 0 Å². The SMILES string of the molecule is Nc1ncnc2c1c(-c1ccc(Oc3ccc(CN4CCOCC4)cc3)cc1)cn2C1CCOC1.Nc1ncnc2c1c(-c1ccc(Oc3ccc(F)cc3)cc1)cn2C1CCOC1. The van der Waals surface area contributed by atoms with E-state index in [-0.39, 0.29) is 17.9 Å². The number of fused-ring (bicyclic) bond motifs is 2. The van der Waals surface area contributed by atoms with Crippen LogP contribution in [0.3, 0.4) is 0 Å². The van der Waals surface area contributed by atoms with E-state index in [1.165, 1.54) is 30.4 Å². The maximum atomic E-state index is 13.1. The molecule has 8 aromatic rings. The normalized spacial score (nSPS) is 17.7. The van der Waals surface area contributed by atoms with Crippen molar-refractivity contribution < 1.29 is 28.1 Å². The van der Waals surface area contributed by atoms with Gasteiger partial charge in [0.1, 0.15) is 64.4 Å². The third-order valence-corrected chi connectivity index (χ3v) is 11.9. The summed E-state index contributed by atoms with van der Waals surface area (Å²) in [6.45, 7) is 7.38. The minimum Gasteiger partial charge on any atom is -0.457 e. The summed E-state index contributed by atoms with van der Waals surface area (Å²) < 4.78 is 45.8. The van der Waals surface area contributed by atoms with Crippen LogP contribution in [0.1, 0.15) is 30.5 Å². The van der Waals surface area contributed by atoms with E-state index in [0.717, 1.165) is 115 Å². The van der Waals surface area contributed by atoms with Gasteiger partial charge in [-0.25, -0.2) is 24.3 Å². The number of nitrogen functional groups attached to an aromatic ring is 2. The molecule has 0 amide bonds. The van der Waals surface area contributed by atoms with Crippen LogP contribution in [0.2, 0.25) is 0 Å². The molecule has 3 fully saturated rings. The van der Waals surface area contributed by atoms with E-state index in [1.807, 2.05) is 48.5 Å². The first-order chi connectivity index (χ1) is 31.4. The maximum Gasteiger partial charge on any atom is 0.146 e. The quantitative estimate of drug-likeness (QED) is 0.135. The molecule has 15 heteroatoms. The van der Waals surface area contributed by atoms with Crippen molar-refractivity contribution in [3.8, 4) is 45.3 Å². The zero-order valence-corrected chi connectivity index (χ0v) is 35.2. The van der Waals surface area contributed by atoms with Crippen molar-refractivity contribution in [3.05, 3.63) is 133 Å². The van der Waals surface area contributed by atoms with Crippen molar-refractivity contribution in [2.24, 2.45) is 0 Å². The van der Waals surface area contributed by atoms with Crippen LogP contribution in [0.25, 0.3) is 44.3 Å². The lowest BCUT2D eigenvalue weighted by atomic mass is 10.1. The zero-order valence-electron chi connectivity index (χ0n) is 35.2. The van der Waals surface area contributed by atoms with Crippen LogP contribution in [0.5, 0.6) is 23.0 Å². The predicted octanol–water partition coefficient (Wildman–Crippen LogP) is 8.84. The van der Waals surface area contributed by atoms with Crippen molar-refractivity contribution in [2.45, 2.75) is 31.5 Å². The van der Waals surface area contributed by atoms with E-state index in [2.05, 4.69) is 70.6 Å². The van der Waals surface area contributed by atoms with E-state index in [1.54, 1.807) is 12.1 Å². The lowest BCUT2D eigenvalue weighted by molar-refractivity contribution is 0.0342. The first-order valence-corrected chi connectivity index (χ1v) is 21.5. The molecule has 0 aliphatic carbocycles. The number of nitrogens with two attached hydrogens (primary N) is 2. The van der Waals surface area contributed by atoms with Crippen LogP contribution in [-0.4, -0.2) is 86.7 Å². The molecule has 0 radical (unpaired) electrons. The van der Waals surface area contributed by atoms with Gasteiger partial charge in [0, 0.05) is 56.4 Å². The summed E-state index contributed by atoms with van der Waals surface area (Å²) in [6.07, 6.45) is 9.12. The second-order valence-electron chi connectivity index (χ2n) is 16.1. The van der Waals surface area contributed by atoms with Crippen LogP contribution in [0.15, 0.2) is 122 Å². The van der Waals surface area contributed by atoms with Crippen molar-refractivity contribution in [2.75, 3.05) is 64.2 Å². The molecule has 4 aromatic carbocycles. The average Bonchev–Trinajstić information content (AvgIpc) is 4.17. The lowest BCUT2D eigenvalue weighted by Crippen LogP contribution is -2.35. The summed E-state index contributed by atoms with van der Waals surface area (Å²) in [4.78, 5) is 19.8. The number of hydrogen-bond acceptors (Lipinski definition) is 12. The first-order valence-electron chi connectivity index (χ1n) is 21.5. The van der Waals surface area contributed by atoms with E-state index >= 15 is 0 Å². The predicted molar refractivity (Wildman–Crippen MR) is 243 cm³/mol. The minimum atomic E-state index is -0.295. The molecule has 7 heterocycles. The van der Waals surface area contributed by atoms with Crippen molar-refractivity contribution in [3.63, 3.8) is 0 Å². The van der Waals surface area contributed by atoms with Crippen molar-refractivity contribution >= 4 is 33.7 Å². The Morgan fingerprint density at radius 2 is 0.984 bits per heavy atom. The number of benzene rings is 4. The summed E-state index contributed by atoms with van der Waals surface area (Å²) in [6, 6.07) is 30.5. The molecular weight excluding hydrogens is 814 g/mol. The topological polar surface area (TPSA) is 163 Å². The highest BCUT2D eigenvalue weighted by Crippen LogP contribution is 2.39. The van der Waals surface area contributed by atoms with Crippen LogP contribution in [-0.2, 0) is 20.8 Å². The molecule has 3 aliphatic heterocycles. The fourth-order valence-electron chi connectivity index (χ4n) is 8.55. The molecule has 0 saturated carbocycles. The van der Waals surface area contributed by atoms with Crippen LogP contribution in [0.4, 0.5) is 16.0 Å². The van der Waals surface area contributed by atoms with Crippen molar-refractivity contribution in [1.82, 2.24) is 34.0 Å². The average molecular weight is 862 g/mol. The Balaban J connectivity index is 0.000000154. The molecule has 3 saturated heterocycles. The van der Waals surface area contributed by atoms with E-state index < -0.39 is 0 Å². The second kappa shape index (κ2) is 18.4. The number of rotatable bonds is 10. The Bertz CT molecular complexity index is 2830. The summed E-state index contributed by atoms with van der Waals surface area (Å²) in [5, 5.41) is 1.72. The number of ether oxygens (including phenoxy) is 5. The second-order valence-corrected chi connectivity index (χ2v) is 16.1. The third-order valence-electron chi connectivity index (χ3n) is 11.9. The third kappa shape index (κ3) is 8.83. The van der Waals surface area contributed by atoms with Crippen LogP contribution >= 0.6 is 0 Å². The van der Waals surface area contributed by atoms with Gasteiger partial charge in [-0.15, -0.1) is 0 Å². The molecule has 64 heavy (non-hydrogen) atoms. The number of nitrogens with zero attached hydrogens (tertiary/aromatic N) is 7. The number of anilines is 2. The fraction of sp³-hybridized carbons (Fsp3) is 0.265. The molecule has 0 spiro atoms. The standard InChI is InChI=1S/C27H29N5O3.C22H19FN4O2/c28-26-25-24(16-32(21-9-12-34-17-21)27(25)30-18-29-26)20-3-7-23(8-4-20)35-22-5-1-19(2-6-22)15-31-10-13-33-14-11-31;23-15-3-7-18(8-4-15)29-17-5-1-14(2-6-17)19-11-27(16-9-10-28-12-16)22-20(19)21(24)25-13-26-22/h1-8,16,18,21H,9-15,17H2,(H2,28,29,30);1-8,11,13,16H,9-10,12H2,(H2,24,25,26). The van der Waals surface area contributed by atoms with Gasteiger partial charge in [-0.2, -0.15) is 0 Å². The molecule has 4 aromatic heterocycles. The Hall–Kier alpha value is -6.91. The maximum absolute atomic E-state index is 13.1. The number of aromatic nitrogens is 6. The van der Waals surface area contributed by atoms with E-state index in [4.69, 9.17) is 35.2 Å². The molecule has 2 atom stereocenters. The largest absolute Gasteiger partial charge is 0.457 e. The van der Waals surface area contributed by atoms with Crippen LogP contribution < -0.4 is 20.9 Å².